The normalized spacial score (nSPS) is 46.6. The fourth-order valence-corrected chi connectivity index (χ4v) is 5.08. The van der Waals surface area contributed by atoms with Gasteiger partial charge in [0.1, 0.15) is 0 Å². The molecule has 0 radical (unpaired) electrons. The second kappa shape index (κ2) is 4.91. The van der Waals surface area contributed by atoms with Gasteiger partial charge >= 0.3 is 0 Å². The van der Waals surface area contributed by atoms with Crippen molar-refractivity contribution in [2.24, 2.45) is 11.8 Å². The van der Waals surface area contributed by atoms with E-state index in [9.17, 15) is 0 Å². The van der Waals surface area contributed by atoms with Crippen LogP contribution in [0.2, 0.25) is 0 Å². The molecule has 2 aliphatic carbocycles. The molecule has 17 heavy (non-hydrogen) atoms. The average Bonchev–Trinajstić information content (AvgIpc) is 2.87. The highest BCUT2D eigenvalue weighted by Gasteiger charge is 2.43. The molecule has 1 heteroatoms. The standard InChI is InChI=1S/C16H29N/c1-3-4-15-9-5-12(2)17(15)16-10-7-13-6-8-14(16)11-13/h12-16H,3-11H2,1-2H3. The number of hydrogen-bond donors (Lipinski definition) is 0. The fourth-order valence-electron chi connectivity index (χ4n) is 5.08. The van der Waals surface area contributed by atoms with Crippen LogP contribution in [0.1, 0.15) is 71.6 Å². The maximum absolute atomic E-state index is 2.97. The Balaban J connectivity index is 1.72. The summed E-state index contributed by atoms with van der Waals surface area (Å²) in [5, 5.41) is 0. The molecule has 1 saturated heterocycles. The van der Waals surface area contributed by atoms with Crippen molar-refractivity contribution >= 4 is 0 Å². The van der Waals surface area contributed by atoms with Crippen LogP contribution in [0.15, 0.2) is 0 Å². The minimum Gasteiger partial charge on any atom is -0.294 e. The molecule has 2 bridgehead atoms. The first kappa shape index (κ1) is 12.0. The summed E-state index contributed by atoms with van der Waals surface area (Å²) in [6, 6.07) is 2.76. The van der Waals surface area contributed by atoms with E-state index in [4.69, 9.17) is 0 Å². The van der Waals surface area contributed by atoms with E-state index in [1.54, 1.807) is 12.8 Å². The highest BCUT2D eigenvalue weighted by molar-refractivity contribution is 4.97. The van der Waals surface area contributed by atoms with Gasteiger partial charge in [-0.15, -0.1) is 0 Å². The molecule has 0 spiro atoms. The molecule has 1 nitrogen and oxygen atoms in total. The van der Waals surface area contributed by atoms with Crippen LogP contribution in [0.5, 0.6) is 0 Å². The number of fused-ring (bicyclic) bond motifs is 2. The Bertz CT molecular complexity index is 260. The lowest BCUT2D eigenvalue weighted by Crippen LogP contribution is -2.47. The molecular formula is C16H29N. The predicted molar refractivity (Wildman–Crippen MR) is 73.1 cm³/mol. The molecule has 0 aromatic carbocycles. The van der Waals surface area contributed by atoms with Gasteiger partial charge in [0, 0.05) is 18.1 Å². The van der Waals surface area contributed by atoms with Crippen molar-refractivity contribution in [2.75, 3.05) is 0 Å². The second-order valence-corrected chi connectivity index (χ2v) is 6.90. The van der Waals surface area contributed by atoms with Crippen LogP contribution in [0, 0.1) is 11.8 Å². The predicted octanol–water partition coefficient (Wildman–Crippen LogP) is 4.22. The van der Waals surface area contributed by atoms with Crippen LogP contribution in [0.25, 0.3) is 0 Å². The number of nitrogens with zero attached hydrogens (tertiary/aromatic N) is 1. The summed E-state index contributed by atoms with van der Waals surface area (Å²) in [7, 11) is 0. The molecule has 0 amide bonds. The zero-order valence-electron chi connectivity index (χ0n) is 11.7. The lowest BCUT2D eigenvalue weighted by atomic mass is 9.83. The third-order valence-electron chi connectivity index (χ3n) is 5.85. The number of likely N-dealkylation sites (tertiary alicyclic amines) is 1. The fraction of sp³-hybridized carbons (Fsp3) is 1.00. The molecule has 0 N–H and O–H groups in total. The zero-order chi connectivity index (χ0) is 11.8. The van der Waals surface area contributed by atoms with Crippen molar-refractivity contribution in [1.29, 1.82) is 0 Å². The maximum Gasteiger partial charge on any atom is 0.0129 e. The van der Waals surface area contributed by atoms with Gasteiger partial charge in [-0.1, -0.05) is 19.8 Å². The Kier molecular flexibility index (Phi) is 3.47. The summed E-state index contributed by atoms with van der Waals surface area (Å²) in [5.41, 5.74) is 0. The largest absolute Gasteiger partial charge is 0.294 e. The van der Waals surface area contributed by atoms with Crippen molar-refractivity contribution in [3.63, 3.8) is 0 Å². The quantitative estimate of drug-likeness (QED) is 0.708. The minimum absolute atomic E-state index is 0.869. The molecule has 0 aromatic heterocycles. The van der Waals surface area contributed by atoms with Crippen LogP contribution < -0.4 is 0 Å². The van der Waals surface area contributed by atoms with Crippen LogP contribution in [0.4, 0.5) is 0 Å². The van der Waals surface area contributed by atoms with Gasteiger partial charge in [-0.2, -0.15) is 0 Å². The summed E-state index contributed by atoms with van der Waals surface area (Å²) >= 11 is 0. The van der Waals surface area contributed by atoms with Crippen molar-refractivity contribution in [2.45, 2.75) is 89.8 Å². The molecule has 2 saturated carbocycles. The van der Waals surface area contributed by atoms with E-state index in [1.165, 1.54) is 44.9 Å². The first-order chi connectivity index (χ1) is 8.29. The van der Waals surface area contributed by atoms with Crippen molar-refractivity contribution in [1.82, 2.24) is 4.90 Å². The van der Waals surface area contributed by atoms with E-state index in [0.717, 1.165) is 30.0 Å². The molecule has 1 aliphatic heterocycles. The zero-order valence-corrected chi connectivity index (χ0v) is 11.7. The molecule has 3 aliphatic rings. The lowest BCUT2D eigenvalue weighted by molar-refractivity contribution is 0.0645. The molecule has 3 rings (SSSR count). The topological polar surface area (TPSA) is 3.24 Å². The second-order valence-electron chi connectivity index (χ2n) is 6.90. The minimum atomic E-state index is 0.869. The summed E-state index contributed by atoms with van der Waals surface area (Å²) in [6.07, 6.45) is 13.4. The van der Waals surface area contributed by atoms with Crippen molar-refractivity contribution in [3.05, 3.63) is 0 Å². The molecule has 98 valence electrons. The van der Waals surface area contributed by atoms with Crippen molar-refractivity contribution < 1.29 is 0 Å². The number of hydrogen-bond acceptors (Lipinski definition) is 1. The van der Waals surface area contributed by atoms with E-state index in [-0.39, 0.29) is 0 Å². The Hall–Kier alpha value is -0.0400. The monoisotopic (exact) mass is 235 g/mol. The third kappa shape index (κ3) is 2.16. The van der Waals surface area contributed by atoms with Crippen LogP contribution in [-0.4, -0.2) is 23.0 Å². The molecule has 5 atom stereocenters. The molecule has 3 fully saturated rings. The van der Waals surface area contributed by atoms with Gasteiger partial charge < -0.3 is 0 Å². The Morgan fingerprint density at radius 3 is 2.65 bits per heavy atom. The SMILES string of the molecule is CCCC1CCC(C)N1C1CCC2CCC1C2. The Morgan fingerprint density at radius 1 is 1.00 bits per heavy atom. The van der Waals surface area contributed by atoms with E-state index < -0.39 is 0 Å². The van der Waals surface area contributed by atoms with Gasteiger partial charge in [-0.3, -0.25) is 4.90 Å². The summed E-state index contributed by atoms with van der Waals surface area (Å²) in [4.78, 5) is 2.97. The highest BCUT2D eigenvalue weighted by Crippen LogP contribution is 2.46. The van der Waals surface area contributed by atoms with Crippen molar-refractivity contribution in [3.8, 4) is 0 Å². The summed E-state index contributed by atoms with van der Waals surface area (Å²) < 4.78 is 0. The van der Waals surface area contributed by atoms with Crippen LogP contribution in [-0.2, 0) is 0 Å². The molecule has 0 aromatic rings. The molecule has 1 heterocycles. The Morgan fingerprint density at radius 2 is 1.82 bits per heavy atom. The van der Waals surface area contributed by atoms with Gasteiger partial charge in [0.25, 0.3) is 0 Å². The van der Waals surface area contributed by atoms with Gasteiger partial charge in [0.05, 0.1) is 0 Å². The lowest BCUT2D eigenvalue weighted by Gasteiger charge is -2.42. The summed E-state index contributed by atoms with van der Waals surface area (Å²) in [6.45, 7) is 4.84. The van der Waals surface area contributed by atoms with Gasteiger partial charge in [0.2, 0.25) is 0 Å². The first-order valence-corrected chi connectivity index (χ1v) is 8.07. The van der Waals surface area contributed by atoms with E-state index in [2.05, 4.69) is 18.7 Å². The van der Waals surface area contributed by atoms with Crippen LogP contribution >= 0.6 is 0 Å². The van der Waals surface area contributed by atoms with E-state index in [0.29, 0.717) is 0 Å². The number of rotatable bonds is 3. The smallest absolute Gasteiger partial charge is 0.0129 e. The Labute approximate surface area is 107 Å². The average molecular weight is 235 g/mol. The highest BCUT2D eigenvalue weighted by atomic mass is 15.2. The van der Waals surface area contributed by atoms with Gasteiger partial charge in [-0.05, 0) is 63.7 Å². The van der Waals surface area contributed by atoms with E-state index in [1.807, 2.05) is 0 Å². The van der Waals surface area contributed by atoms with Gasteiger partial charge in [-0.25, -0.2) is 0 Å². The van der Waals surface area contributed by atoms with Gasteiger partial charge in [0.15, 0.2) is 0 Å². The summed E-state index contributed by atoms with van der Waals surface area (Å²) in [5.74, 6) is 2.17. The maximum atomic E-state index is 2.97. The third-order valence-corrected chi connectivity index (χ3v) is 5.85. The van der Waals surface area contributed by atoms with Crippen LogP contribution in [0.3, 0.4) is 0 Å². The van der Waals surface area contributed by atoms with E-state index >= 15 is 0 Å². The first-order valence-electron chi connectivity index (χ1n) is 8.07. The molecule has 5 unspecified atom stereocenters. The molecular weight excluding hydrogens is 206 g/mol.